The molecule has 5 nitrogen and oxygen atoms in total. The summed E-state index contributed by atoms with van der Waals surface area (Å²) in [6, 6.07) is 3.60. The lowest BCUT2D eigenvalue weighted by atomic mass is 9.79. The zero-order valence-corrected chi connectivity index (χ0v) is 12.2. The highest BCUT2D eigenvalue weighted by molar-refractivity contribution is 5.95. The number of methoxy groups -OCH3 is 1. The molecule has 0 saturated carbocycles. The Kier molecular flexibility index (Phi) is 5.09. The number of nitrogens with one attached hydrogen (secondary N) is 2. The van der Waals surface area contributed by atoms with Gasteiger partial charge in [0.15, 0.2) is 0 Å². The van der Waals surface area contributed by atoms with E-state index in [1.54, 1.807) is 19.4 Å². The van der Waals surface area contributed by atoms with Crippen LogP contribution in [0.25, 0.3) is 0 Å². The number of amides is 1. The van der Waals surface area contributed by atoms with Crippen LogP contribution in [0.4, 0.5) is 0 Å². The standard InChI is InChI=1S/C15H23N3O2/c1-12-13(4-3-7-17-12)14(19)18-10-15(11-20-2)5-8-16-9-6-15/h3-4,7,16H,5-6,8-11H2,1-2H3,(H,18,19). The second kappa shape index (κ2) is 6.81. The first-order valence-corrected chi connectivity index (χ1v) is 7.06. The summed E-state index contributed by atoms with van der Waals surface area (Å²) < 4.78 is 5.35. The first kappa shape index (κ1) is 14.9. The average Bonchev–Trinajstić information content (AvgIpc) is 2.47. The van der Waals surface area contributed by atoms with Gasteiger partial charge in [0.2, 0.25) is 0 Å². The van der Waals surface area contributed by atoms with Crippen LogP contribution in [0.1, 0.15) is 28.9 Å². The van der Waals surface area contributed by atoms with Crippen LogP contribution < -0.4 is 10.6 Å². The topological polar surface area (TPSA) is 63.2 Å². The SMILES string of the molecule is COCC1(CNC(=O)c2cccnc2C)CCNCC1. The van der Waals surface area contributed by atoms with Gasteiger partial charge in [-0.05, 0) is 45.0 Å². The molecule has 0 spiro atoms. The van der Waals surface area contributed by atoms with Crippen molar-refractivity contribution in [3.8, 4) is 0 Å². The van der Waals surface area contributed by atoms with Crippen LogP contribution in [0.2, 0.25) is 0 Å². The van der Waals surface area contributed by atoms with Crippen molar-refractivity contribution in [2.75, 3.05) is 33.4 Å². The molecular formula is C15H23N3O2. The third kappa shape index (κ3) is 3.55. The molecule has 2 heterocycles. The molecule has 2 rings (SSSR count). The molecule has 1 aliphatic heterocycles. The van der Waals surface area contributed by atoms with Crippen molar-refractivity contribution >= 4 is 5.91 Å². The molecule has 1 aromatic heterocycles. The minimum atomic E-state index is -0.0513. The Morgan fingerprint density at radius 1 is 1.50 bits per heavy atom. The number of aryl methyl sites for hydroxylation is 1. The fraction of sp³-hybridized carbons (Fsp3) is 0.600. The number of aromatic nitrogens is 1. The molecule has 5 heteroatoms. The van der Waals surface area contributed by atoms with Gasteiger partial charge < -0.3 is 15.4 Å². The number of hydrogen-bond donors (Lipinski definition) is 2. The van der Waals surface area contributed by atoms with Gasteiger partial charge in [0, 0.05) is 31.0 Å². The number of hydrogen-bond acceptors (Lipinski definition) is 4. The van der Waals surface area contributed by atoms with E-state index in [0.717, 1.165) is 31.6 Å². The summed E-state index contributed by atoms with van der Waals surface area (Å²) in [5, 5.41) is 6.40. The van der Waals surface area contributed by atoms with Gasteiger partial charge >= 0.3 is 0 Å². The molecule has 1 aliphatic rings. The molecule has 2 N–H and O–H groups in total. The molecule has 0 aromatic carbocycles. The normalized spacial score (nSPS) is 17.7. The summed E-state index contributed by atoms with van der Waals surface area (Å²) in [6.45, 7) is 5.14. The van der Waals surface area contributed by atoms with E-state index >= 15 is 0 Å². The quantitative estimate of drug-likeness (QED) is 0.847. The fourth-order valence-electron chi connectivity index (χ4n) is 2.72. The predicted molar refractivity (Wildman–Crippen MR) is 77.7 cm³/mol. The molecule has 1 fully saturated rings. The maximum absolute atomic E-state index is 12.2. The molecule has 1 saturated heterocycles. The van der Waals surface area contributed by atoms with E-state index in [-0.39, 0.29) is 11.3 Å². The van der Waals surface area contributed by atoms with Crippen LogP contribution in [-0.4, -0.2) is 44.2 Å². The van der Waals surface area contributed by atoms with E-state index in [4.69, 9.17) is 4.74 Å². The van der Waals surface area contributed by atoms with Crippen molar-refractivity contribution in [2.45, 2.75) is 19.8 Å². The van der Waals surface area contributed by atoms with Gasteiger partial charge in [-0.15, -0.1) is 0 Å². The van der Waals surface area contributed by atoms with E-state index in [9.17, 15) is 4.79 Å². The highest BCUT2D eigenvalue weighted by Crippen LogP contribution is 2.28. The van der Waals surface area contributed by atoms with Gasteiger partial charge in [-0.3, -0.25) is 9.78 Å². The van der Waals surface area contributed by atoms with Crippen LogP contribution in [-0.2, 0) is 4.74 Å². The summed E-state index contributed by atoms with van der Waals surface area (Å²) in [5.74, 6) is -0.0513. The number of rotatable bonds is 5. The van der Waals surface area contributed by atoms with Crippen molar-refractivity contribution in [1.82, 2.24) is 15.6 Å². The molecule has 0 aliphatic carbocycles. The van der Waals surface area contributed by atoms with Crippen molar-refractivity contribution < 1.29 is 9.53 Å². The highest BCUT2D eigenvalue weighted by atomic mass is 16.5. The average molecular weight is 277 g/mol. The zero-order chi connectivity index (χ0) is 14.4. The summed E-state index contributed by atoms with van der Waals surface area (Å²) in [5.41, 5.74) is 1.45. The maximum Gasteiger partial charge on any atom is 0.253 e. The summed E-state index contributed by atoms with van der Waals surface area (Å²) in [4.78, 5) is 16.4. The maximum atomic E-state index is 12.2. The van der Waals surface area contributed by atoms with E-state index in [0.29, 0.717) is 18.7 Å². The second-order valence-corrected chi connectivity index (χ2v) is 5.50. The fourth-order valence-corrected chi connectivity index (χ4v) is 2.72. The number of nitrogens with zero attached hydrogens (tertiary/aromatic N) is 1. The minimum absolute atomic E-state index is 0.0474. The zero-order valence-electron chi connectivity index (χ0n) is 12.2. The third-order valence-electron chi connectivity index (χ3n) is 3.99. The molecule has 1 aromatic rings. The lowest BCUT2D eigenvalue weighted by molar-refractivity contribution is 0.0511. The molecule has 20 heavy (non-hydrogen) atoms. The lowest BCUT2D eigenvalue weighted by Gasteiger charge is -2.37. The number of ether oxygens (including phenoxy) is 1. The van der Waals surface area contributed by atoms with E-state index in [1.165, 1.54) is 0 Å². The molecule has 110 valence electrons. The Labute approximate surface area is 120 Å². The highest BCUT2D eigenvalue weighted by Gasteiger charge is 2.32. The smallest absolute Gasteiger partial charge is 0.253 e. The van der Waals surface area contributed by atoms with Gasteiger partial charge in [0.05, 0.1) is 12.2 Å². The van der Waals surface area contributed by atoms with Gasteiger partial charge in [0.1, 0.15) is 0 Å². The number of pyridine rings is 1. The van der Waals surface area contributed by atoms with Gasteiger partial charge in [-0.2, -0.15) is 0 Å². The van der Waals surface area contributed by atoms with Gasteiger partial charge in [-0.1, -0.05) is 0 Å². The van der Waals surface area contributed by atoms with Crippen molar-refractivity contribution in [1.29, 1.82) is 0 Å². The Morgan fingerprint density at radius 3 is 2.90 bits per heavy atom. The Hall–Kier alpha value is -1.46. The number of carbonyl (C=O) groups is 1. The molecule has 0 radical (unpaired) electrons. The monoisotopic (exact) mass is 277 g/mol. The van der Waals surface area contributed by atoms with Crippen molar-refractivity contribution in [3.05, 3.63) is 29.6 Å². The van der Waals surface area contributed by atoms with Crippen LogP contribution in [0.5, 0.6) is 0 Å². The summed E-state index contributed by atoms with van der Waals surface area (Å²) >= 11 is 0. The largest absolute Gasteiger partial charge is 0.384 e. The molecular weight excluding hydrogens is 254 g/mol. The molecule has 0 bridgehead atoms. The van der Waals surface area contributed by atoms with Gasteiger partial charge in [0.25, 0.3) is 5.91 Å². The Balaban J connectivity index is 1.99. The predicted octanol–water partition coefficient (Wildman–Crippen LogP) is 1.14. The summed E-state index contributed by atoms with van der Waals surface area (Å²) in [7, 11) is 1.72. The van der Waals surface area contributed by atoms with Crippen molar-refractivity contribution in [2.24, 2.45) is 5.41 Å². The Morgan fingerprint density at radius 2 is 2.25 bits per heavy atom. The number of carbonyl (C=O) groups excluding carboxylic acids is 1. The molecule has 1 amide bonds. The third-order valence-corrected chi connectivity index (χ3v) is 3.99. The molecule has 0 atom stereocenters. The second-order valence-electron chi connectivity index (χ2n) is 5.50. The first-order valence-electron chi connectivity index (χ1n) is 7.06. The van der Waals surface area contributed by atoms with Crippen LogP contribution in [0.3, 0.4) is 0 Å². The number of piperidine rings is 1. The summed E-state index contributed by atoms with van der Waals surface area (Å²) in [6.07, 6.45) is 3.74. The Bertz CT molecular complexity index is 451. The van der Waals surface area contributed by atoms with Crippen LogP contribution in [0.15, 0.2) is 18.3 Å². The van der Waals surface area contributed by atoms with Gasteiger partial charge in [-0.25, -0.2) is 0 Å². The van der Waals surface area contributed by atoms with Crippen molar-refractivity contribution in [3.63, 3.8) is 0 Å². The molecule has 0 unspecified atom stereocenters. The minimum Gasteiger partial charge on any atom is -0.384 e. The van der Waals surface area contributed by atoms with E-state index in [1.807, 2.05) is 13.0 Å². The van der Waals surface area contributed by atoms with Crippen LogP contribution >= 0.6 is 0 Å². The van der Waals surface area contributed by atoms with Crippen LogP contribution in [0, 0.1) is 12.3 Å². The van der Waals surface area contributed by atoms with E-state index in [2.05, 4.69) is 15.6 Å². The first-order chi connectivity index (χ1) is 9.67. The lowest BCUT2D eigenvalue weighted by Crippen LogP contribution is -2.47. The van der Waals surface area contributed by atoms with E-state index < -0.39 is 0 Å².